The molecule has 0 fully saturated rings. The molecule has 2 aromatic rings. The van der Waals surface area contributed by atoms with Gasteiger partial charge in [-0.05, 0) is 165 Å². The molecule has 13 heteroatoms. The minimum absolute atomic E-state index is 0.923. The average Bonchev–Trinajstić information content (AvgIpc) is 2.57. The van der Waals surface area contributed by atoms with Crippen LogP contribution in [0.2, 0.25) is 0 Å². The number of rotatable bonds is 1. The second kappa shape index (κ2) is 11.2. The summed E-state index contributed by atoms with van der Waals surface area (Å²) < 4.78 is 9.26. The van der Waals surface area contributed by atoms with Gasteiger partial charge < -0.3 is 15.0 Å². The summed E-state index contributed by atoms with van der Waals surface area (Å²) in [4.78, 5) is 8.33. The van der Waals surface area contributed by atoms with E-state index in [-0.39, 0.29) is 0 Å². The first kappa shape index (κ1) is 26.5. The van der Waals surface area contributed by atoms with Crippen LogP contribution >= 0.6 is 159 Å². The number of benzene rings is 2. The van der Waals surface area contributed by atoms with E-state index in [1.807, 2.05) is 0 Å². The highest BCUT2D eigenvalue weighted by Crippen LogP contribution is 2.55. The first-order valence-electron chi connectivity index (χ1n) is 5.75. The summed E-state index contributed by atoms with van der Waals surface area (Å²) in [5.41, 5.74) is 1.99. The normalized spacial score (nSPS) is 10.4. The molecule has 0 spiro atoms. The van der Waals surface area contributed by atoms with E-state index in [2.05, 4.69) is 159 Å². The molecular formula is C13Br10O3-2. The second-order valence-electron chi connectivity index (χ2n) is 4.14. The molecule has 0 N–H and O–H groups in total. The lowest BCUT2D eigenvalue weighted by molar-refractivity contribution is -0.415. The van der Waals surface area contributed by atoms with E-state index in [1.165, 1.54) is 0 Å². The largest absolute Gasteiger partial charge is 0.652 e. The Balaban J connectivity index is 0.000000765. The van der Waals surface area contributed by atoms with Crippen molar-refractivity contribution in [2.24, 2.45) is 0 Å². The molecule has 0 saturated carbocycles. The van der Waals surface area contributed by atoms with Crippen LogP contribution < -0.4 is 10.2 Å². The van der Waals surface area contributed by atoms with Gasteiger partial charge in [-0.25, -0.2) is 0 Å². The lowest BCUT2D eigenvalue weighted by atomic mass is 10.1. The minimum Gasteiger partial charge on any atom is -0.652 e. The van der Waals surface area contributed by atoms with E-state index >= 15 is 0 Å². The Morgan fingerprint density at radius 2 is 0.538 bits per heavy atom. The molecule has 3 nitrogen and oxygen atoms in total. The first-order valence-corrected chi connectivity index (χ1v) is 13.7. The molecule has 142 valence electrons. The molecule has 0 unspecified atom stereocenters. The molecule has 0 saturated heterocycles. The van der Waals surface area contributed by atoms with Gasteiger partial charge in [0.15, 0.2) is 0 Å². The van der Waals surface area contributed by atoms with Crippen LogP contribution in [-0.4, -0.2) is 6.16 Å². The van der Waals surface area contributed by atoms with Crippen molar-refractivity contribution in [3.63, 3.8) is 0 Å². The van der Waals surface area contributed by atoms with Crippen molar-refractivity contribution in [2.75, 3.05) is 0 Å². The predicted octanol–water partition coefficient (Wildman–Crippen LogP) is 8.53. The van der Waals surface area contributed by atoms with Crippen LogP contribution in [0.5, 0.6) is 0 Å². The molecule has 0 aliphatic rings. The Labute approximate surface area is 232 Å². The van der Waals surface area contributed by atoms with Crippen LogP contribution in [0.3, 0.4) is 0 Å². The molecule has 2 rings (SSSR count). The van der Waals surface area contributed by atoms with E-state index < -0.39 is 6.16 Å². The van der Waals surface area contributed by atoms with Crippen molar-refractivity contribution in [3.05, 3.63) is 44.7 Å². The number of carbonyl (C=O) groups excluding carboxylic acids is 1. The van der Waals surface area contributed by atoms with Crippen molar-refractivity contribution < 1.29 is 15.0 Å². The third-order valence-electron chi connectivity index (χ3n) is 2.67. The zero-order valence-electron chi connectivity index (χ0n) is 11.5. The maximum atomic E-state index is 8.33. The van der Waals surface area contributed by atoms with Gasteiger partial charge in [-0.3, -0.25) is 0 Å². The van der Waals surface area contributed by atoms with Gasteiger partial charge in [0.2, 0.25) is 0 Å². The lowest BCUT2D eigenvalue weighted by Crippen LogP contribution is -2.37. The zero-order chi connectivity index (χ0) is 20.5. The Kier molecular flexibility index (Phi) is 11.5. The van der Waals surface area contributed by atoms with E-state index in [9.17, 15) is 0 Å². The Morgan fingerprint density at radius 3 is 0.692 bits per heavy atom. The van der Waals surface area contributed by atoms with Crippen LogP contribution in [-0.2, 0) is 0 Å². The summed E-state index contributed by atoms with van der Waals surface area (Å²) in [6.07, 6.45) is -2.33. The Bertz CT molecular complexity index is 767. The number of hydrogen-bond donors (Lipinski definition) is 0. The fourth-order valence-electron chi connectivity index (χ4n) is 1.65. The van der Waals surface area contributed by atoms with Gasteiger partial charge in [0.1, 0.15) is 0 Å². The molecule has 0 aliphatic heterocycles. The standard InChI is InChI=1S/C12Br10.CH2O3/c13-3-1(4(14)8(18)11(21)7(3)17)2-5(15)9(19)12(22)10(20)6(2)16;2-1(3)4/h;(H2,2,3,4)/p-2. The Hall–Kier alpha value is 2.51. The minimum atomic E-state index is -2.33. The van der Waals surface area contributed by atoms with Crippen molar-refractivity contribution in [1.29, 1.82) is 0 Å². The summed E-state index contributed by atoms with van der Waals surface area (Å²) in [5.74, 6) is 0. The number of halogens is 10. The number of hydrogen-bond acceptors (Lipinski definition) is 3. The van der Waals surface area contributed by atoms with E-state index in [1.54, 1.807) is 0 Å². The number of carbonyl (C=O) groups is 1. The van der Waals surface area contributed by atoms with Crippen LogP contribution in [0, 0.1) is 0 Å². The number of carboxylic acid groups (broad SMARTS) is 2. The molecule has 0 atom stereocenters. The summed E-state index contributed by atoms with van der Waals surface area (Å²) in [6, 6.07) is 0. The average molecular weight is 1000 g/mol. The van der Waals surface area contributed by atoms with Gasteiger partial charge >= 0.3 is 0 Å². The Morgan fingerprint density at radius 1 is 0.423 bits per heavy atom. The smallest absolute Gasteiger partial charge is 0.0482 e. The maximum Gasteiger partial charge on any atom is 0.0482 e. The van der Waals surface area contributed by atoms with Crippen molar-refractivity contribution >= 4 is 165 Å². The van der Waals surface area contributed by atoms with Gasteiger partial charge in [0, 0.05) is 55.9 Å². The molecule has 0 aromatic heterocycles. The molecule has 0 bridgehead atoms. The molecule has 2 aromatic carbocycles. The van der Waals surface area contributed by atoms with Gasteiger partial charge in [0.25, 0.3) is 0 Å². The second-order valence-corrected chi connectivity index (χ2v) is 12.1. The fraction of sp³-hybridized carbons (Fsp3) is 0. The highest BCUT2D eigenvalue weighted by atomic mass is 79.9. The SMILES string of the molecule is Brc1c(Br)c(Br)c(-c2c(Br)c(Br)c(Br)c(Br)c2Br)c(Br)c1Br.O=C([O-])[O-]. The quantitative estimate of drug-likeness (QED) is 0.213. The van der Waals surface area contributed by atoms with Gasteiger partial charge in [-0.1, -0.05) is 0 Å². The van der Waals surface area contributed by atoms with E-state index in [0.717, 1.165) is 55.9 Å². The highest BCUT2D eigenvalue weighted by molar-refractivity contribution is 9.16. The maximum absolute atomic E-state index is 8.33. The summed E-state index contributed by atoms with van der Waals surface area (Å²) >= 11 is 36.3. The summed E-state index contributed by atoms with van der Waals surface area (Å²) in [7, 11) is 0. The zero-order valence-corrected chi connectivity index (χ0v) is 27.4. The van der Waals surface area contributed by atoms with Crippen LogP contribution in [0.15, 0.2) is 44.7 Å². The van der Waals surface area contributed by atoms with E-state index in [0.29, 0.717) is 0 Å². The van der Waals surface area contributed by atoms with Crippen molar-refractivity contribution in [2.45, 2.75) is 0 Å². The molecule has 0 aliphatic carbocycles. The molecule has 0 heterocycles. The van der Waals surface area contributed by atoms with Crippen LogP contribution in [0.1, 0.15) is 0 Å². The summed E-state index contributed by atoms with van der Waals surface area (Å²) in [6.45, 7) is 0. The highest BCUT2D eigenvalue weighted by Gasteiger charge is 2.25. The fourth-order valence-corrected chi connectivity index (χ4v) is 8.54. The first-order chi connectivity index (χ1) is 11.8. The molecular weight excluding hydrogens is 1000 g/mol. The predicted molar refractivity (Wildman–Crippen MR) is 134 cm³/mol. The van der Waals surface area contributed by atoms with Gasteiger partial charge in [-0.2, -0.15) is 0 Å². The topological polar surface area (TPSA) is 63.2 Å². The van der Waals surface area contributed by atoms with Gasteiger partial charge in [0.05, 0.1) is 0 Å². The lowest BCUT2D eigenvalue weighted by Gasteiger charge is -2.19. The van der Waals surface area contributed by atoms with Crippen LogP contribution in [0.25, 0.3) is 11.1 Å². The van der Waals surface area contributed by atoms with Crippen molar-refractivity contribution in [1.82, 2.24) is 0 Å². The molecule has 26 heavy (non-hydrogen) atoms. The third kappa shape index (κ3) is 5.81. The third-order valence-corrected chi connectivity index (χ3v) is 14.9. The molecule has 0 radical (unpaired) electrons. The monoisotopic (exact) mass is 993 g/mol. The van der Waals surface area contributed by atoms with Gasteiger partial charge in [-0.15, -0.1) is 0 Å². The van der Waals surface area contributed by atoms with Crippen molar-refractivity contribution in [3.8, 4) is 11.1 Å². The van der Waals surface area contributed by atoms with Crippen LogP contribution in [0.4, 0.5) is 4.79 Å². The summed E-state index contributed by atoms with van der Waals surface area (Å²) in [5, 5.41) is 16.7. The molecule has 0 amide bonds. The van der Waals surface area contributed by atoms with E-state index in [4.69, 9.17) is 15.0 Å².